The summed E-state index contributed by atoms with van der Waals surface area (Å²) in [5.41, 5.74) is 0.691. The van der Waals surface area contributed by atoms with Gasteiger partial charge in [0.2, 0.25) is 0 Å². The molecule has 0 bridgehead atoms. The summed E-state index contributed by atoms with van der Waals surface area (Å²) in [7, 11) is 1.53. The minimum Gasteiger partial charge on any atom is -0.383 e. The number of hydrogen-bond acceptors (Lipinski definition) is 6. The SMILES string of the molecule is COCCNC(=O)/C(C#N)=C\Nc1ccc(SC#N)cc1. The van der Waals surface area contributed by atoms with E-state index in [0.717, 1.165) is 22.3 Å². The molecule has 2 N–H and O–H groups in total. The molecule has 1 rings (SSSR count). The van der Waals surface area contributed by atoms with Gasteiger partial charge in [-0.05, 0) is 36.0 Å². The minimum absolute atomic E-state index is 0.0263. The second-order valence-corrected chi connectivity index (χ2v) is 4.64. The Hall–Kier alpha value is -2.48. The van der Waals surface area contributed by atoms with Crippen molar-refractivity contribution >= 4 is 23.4 Å². The molecule has 1 aromatic rings. The summed E-state index contributed by atoms with van der Waals surface area (Å²) in [5, 5.41) is 24.9. The van der Waals surface area contributed by atoms with Crippen LogP contribution in [0.3, 0.4) is 0 Å². The van der Waals surface area contributed by atoms with Gasteiger partial charge in [0, 0.05) is 30.4 Å². The van der Waals surface area contributed by atoms with E-state index < -0.39 is 5.91 Å². The molecule has 108 valence electrons. The number of carbonyl (C=O) groups is 1. The summed E-state index contributed by atoms with van der Waals surface area (Å²) < 4.78 is 4.81. The van der Waals surface area contributed by atoms with E-state index in [2.05, 4.69) is 10.6 Å². The third-order valence-electron chi connectivity index (χ3n) is 2.36. The van der Waals surface area contributed by atoms with E-state index in [-0.39, 0.29) is 5.57 Å². The van der Waals surface area contributed by atoms with Crippen LogP contribution >= 0.6 is 11.8 Å². The Labute approximate surface area is 127 Å². The topological polar surface area (TPSA) is 97.9 Å². The summed E-state index contributed by atoms with van der Waals surface area (Å²) in [5.74, 6) is -0.460. The predicted octanol–water partition coefficient (Wildman–Crippen LogP) is 1.84. The fourth-order valence-corrected chi connectivity index (χ4v) is 1.72. The van der Waals surface area contributed by atoms with Crippen LogP contribution in [-0.2, 0) is 9.53 Å². The molecule has 0 spiro atoms. The molecule has 0 unspecified atom stereocenters. The summed E-state index contributed by atoms with van der Waals surface area (Å²) >= 11 is 1.06. The van der Waals surface area contributed by atoms with Gasteiger partial charge >= 0.3 is 0 Å². The largest absolute Gasteiger partial charge is 0.383 e. The van der Waals surface area contributed by atoms with Gasteiger partial charge in [-0.2, -0.15) is 10.5 Å². The van der Waals surface area contributed by atoms with Crippen LogP contribution in [0.1, 0.15) is 0 Å². The van der Waals surface area contributed by atoms with Crippen molar-refractivity contribution in [2.45, 2.75) is 4.90 Å². The number of nitrogens with one attached hydrogen (secondary N) is 2. The predicted molar refractivity (Wildman–Crippen MR) is 80.1 cm³/mol. The second kappa shape index (κ2) is 9.43. The Bertz CT molecular complexity index is 584. The molecule has 21 heavy (non-hydrogen) atoms. The lowest BCUT2D eigenvalue weighted by molar-refractivity contribution is -0.117. The highest BCUT2D eigenvalue weighted by atomic mass is 32.2. The third-order valence-corrected chi connectivity index (χ3v) is 2.96. The molecule has 0 aromatic heterocycles. The van der Waals surface area contributed by atoms with Gasteiger partial charge in [-0.3, -0.25) is 4.79 Å². The first-order valence-corrected chi connectivity index (χ1v) is 6.83. The van der Waals surface area contributed by atoms with Gasteiger partial charge in [0.15, 0.2) is 0 Å². The van der Waals surface area contributed by atoms with E-state index in [0.29, 0.717) is 13.2 Å². The summed E-state index contributed by atoms with van der Waals surface area (Å²) in [6.45, 7) is 0.727. The maximum Gasteiger partial charge on any atom is 0.263 e. The zero-order chi connectivity index (χ0) is 15.5. The Morgan fingerprint density at radius 1 is 1.38 bits per heavy atom. The lowest BCUT2D eigenvalue weighted by atomic mass is 10.3. The maximum absolute atomic E-state index is 11.7. The number of benzene rings is 1. The van der Waals surface area contributed by atoms with Crippen LogP contribution in [0.25, 0.3) is 0 Å². The van der Waals surface area contributed by atoms with Gasteiger partial charge in [0.1, 0.15) is 17.0 Å². The zero-order valence-electron chi connectivity index (χ0n) is 11.4. The fourth-order valence-electron chi connectivity index (χ4n) is 1.34. The summed E-state index contributed by atoms with van der Waals surface area (Å²) in [6.07, 6.45) is 1.34. The van der Waals surface area contributed by atoms with Crippen molar-refractivity contribution in [3.05, 3.63) is 36.0 Å². The molecule has 0 radical (unpaired) electrons. The molecule has 6 nitrogen and oxygen atoms in total. The number of thioether (sulfide) groups is 1. The van der Waals surface area contributed by atoms with Crippen LogP contribution in [0, 0.1) is 22.0 Å². The number of thiocyanates is 1. The smallest absolute Gasteiger partial charge is 0.263 e. The molecule has 0 saturated carbocycles. The average Bonchev–Trinajstić information content (AvgIpc) is 2.50. The van der Waals surface area contributed by atoms with Crippen molar-refractivity contribution < 1.29 is 9.53 Å². The van der Waals surface area contributed by atoms with Crippen LogP contribution in [0.5, 0.6) is 0 Å². The van der Waals surface area contributed by atoms with E-state index in [1.165, 1.54) is 13.3 Å². The highest BCUT2D eigenvalue weighted by Crippen LogP contribution is 2.19. The normalized spacial score (nSPS) is 10.3. The maximum atomic E-state index is 11.7. The van der Waals surface area contributed by atoms with Crippen molar-refractivity contribution in [2.75, 3.05) is 25.6 Å². The second-order valence-electron chi connectivity index (χ2n) is 3.78. The highest BCUT2D eigenvalue weighted by Gasteiger charge is 2.07. The summed E-state index contributed by atoms with van der Waals surface area (Å²) in [4.78, 5) is 12.5. The van der Waals surface area contributed by atoms with Crippen LogP contribution in [0.15, 0.2) is 40.9 Å². The first-order chi connectivity index (χ1) is 10.2. The molecule has 0 heterocycles. The fraction of sp³-hybridized carbons (Fsp3) is 0.214. The van der Waals surface area contributed by atoms with Gasteiger partial charge in [0.25, 0.3) is 5.91 Å². The highest BCUT2D eigenvalue weighted by molar-refractivity contribution is 8.03. The number of amides is 1. The van der Waals surface area contributed by atoms with Gasteiger partial charge in [-0.15, -0.1) is 0 Å². The van der Waals surface area contributed by atoms with Crippen LogP contribution in [-0.4, -0.2) is 26.2 Å². The molecular weight excluding hydrogens is 288 g/mol. The number of nitriles is 2. The molecule has 1 aromatic carbocycles. The van der Waals surface area contributed by atoms with Crippen molar-refractivity contribution in [3.63, 3.8) is 0 Å². The number of ether oxygens (including phenoxy) is 1. The molecule has 0 aliphatic carbocycles. The number of rotatable bonds is 7. The number of methoxy groups -OCH3 is 1. The Balaban J connectivity index is 2.61. The van der Waals surface area contributed by atoms with Gasteiger partial charge in [-0.1, -0.05) is 0 Å². The lowest BCUT2D eigenvalue weighted by Gasteiger charge is -2.05. The molecule has 0 aliphatic rings. The summed E-state index contributed by atoms with van der Waals surface area (Å²) in [6, 6.07) is 8.89. The Morgan fingerprint density at radius 3 is 2.67 bits per heavy atom. The van der Waals surface area contributed by atoms with E-state index in [1.54, 1.807) is 24.3 Å². The Morgan fingerprint density at radius 2 is 2.10 bits per heavy atom. The average molecular weight is 302 g/mol. The molecule has 0 aliphatic heterocycles. The molecular formula is C14H14N4O2S. The van der Waals surface area contributed by atoms with Crippen molar-refractivity contribution in [3.8, 4) is 11.5 Å². The molecule has 0 atom stereocenters. The standard InChI is InChI=1S/C14H14N4O2S/c1-20-7-6-17-14(19)11(8-15)9-18-12-2-4-13(5-3-12)21-10-16/h2-5,9,18H,6-7H2,1H3,(H,17,19)/b11-9-. The van der Waals surface area contributed by atoms with Gasteiger partial charge in [0.05, 0.1) is 6.61 Å². The zero-order valence-corrected chi connectivity index (χ0v) is 12.2. The molecule has 7 heteroatoms. The van der Waals surface area contributed by atoms with Crippen molar-refractivity contribution in [2.24, 2.45) is 0 Å². The number of carbonyl (C=O) groups excluding carboxylic acids is 1. The first kappa shape index (κ1) is 16.6. The van der Waals surface area contributed by atoms with E-state index in [4.69, 9.17) is 15.3 Å². The van der Waals surface area contributed by atoms with Crippen LogP contribution in [0.2, 0.25) is 0 Å². The van der Waals surface area contributed by atoms with Crippen molar-refractivity contribution in [1.82, 2.24) is 5.32 Å². The molecule has 1 amide bonds. The van der Waals surface area contributed by atoms with Gasteiger partial charge in [-0.25, -0.2) is 0 Å². The Kier molecular flexibility index (Phi) is 7.44. The van der Waals surface area contributed by atoms with Crippen LogP contribution < -0.4 is 10.6 Å². The van der Waals surface area contributed by atoms with E-state index in [1.807, 2.05) is 11.5 Å². The lowest BCUT2D eigenvalue weighted by Crippen LogP contribution is -2.28. The quantitative estimate of drug-likeness (QED) is 0.262. The number of anilines is 1. The third kappa shape index (κ3) is 6.00. The monoisotopic (exact) mass is 302 g/mol. The molecule has 0 saturated heterocycles. The van der Waals surface area contributed by atoms with Crippen LogP contribution in [0.4, 0.5) is 5.69 Å². The first-order valence-electron chi connectivity index (χ1n) is 6.01. The van der Waals surface area contributed by atoms with Gasteiger partial charge < -0.3 is 15.4 Å². The number of hydrogen-bond donors (Lipinski definition) is 2. The van der Waals surface area contributed by atoms with E-state index >= 15 is 0 Å². The van der Waals surface area contributed by atoms with E-state index in [9.17, 15) is 4.79 Å². The minimum atomic E-state index is -0.460. The number of nitrogens with zero attached hydrogens (tertiary/aromatic N) is 2. The van der Waals surface area contributed by atoms with Crippen molar-refractivity contribution in [1.29, 1.82) is 10.5 Å². The molecule has 0 fully saturated rings.